The Labute approximate surface area is 137 Å². The molecule has 2 aromatic rings. The summed E-state index contributed by atoms with van der Waals surface area (Å²) in [6, 6.07) is 4.41. The van der Waals surface area contributed by atoms with E-state index in [1.165, 1.54) is 17.0 Å². The quantitative estimate of drug-likeness (QED) is 0.938. The summed E-state index contributed by atoms with van der Waals surface area (Å²) < 4.78 is 13.5. The number of benzene rings is 1. The monoisotopic (exact) mass is 334 g/mol. The minimum atomic E-state index is -0.525. The van der Waals surface area contributed by atoms with E-state index in [9.17, 15) is 14.0 Å². The number of halogens is 2. The second kappa shape index (κ2) is 6.16. The second-order valence-electron chi connectivity index (χ2n) is 5.76. The van der Waals surface area contributed by atoms with Crippen molar-refractivity contribution >= 4 is 17.5 Å². The molecule has 120 valence electrons. The molecule has 1 aliphatic rings. The van der Waals surface area contributed by atoms with Crippen molar-refractivity contribution < 1.29 is 9.18 Å². The molecule has 23 heavy (non-hydrogen) atoms. The number of H-pyrrole nitrogens is 1. The predicted molar refractivity (Wildman–Crippen MR) is 86.3 cm³/mol. The Balaban J connectivity index is 1.87. The Kier molecular flexibility index (Phi) is 4.22. The van der Waals surface area contributed by atoms with Gasteiger partial charge in [0.2, 0.25) is 0 Å². The van der Waals surface area contributed by atoms with E-state index in [-0.39, 0.29) is 28.6 Å². The topological polar surface area (TPSA) is 53.2 Å². The van der Waals surface area contributed by atoms with Gasteiger partial charge in [-0.2, -0.15) is 0 Å². The van der Waals surface area contributed by atoms with E-state index in [0.29, 0.717) is 5.56 Å². The zero-order chi connectivity index (χ0) is 16.6. The molecule has 1 amide bonds. The molecule has 0 spiro atoms. The standard InChI is InChI=1S/C17H16ClFN2O2/c1-21(9-10-5-6-13(18)14(19)7-10)17(23)15-12-4-2-3-11(12)8-20-16(15)22/h5-8H,2-4,9H2,1H3,(H,20,22). The van der Waals surface area contributed by atoms with Crippen molar-refractivity contribution in [1.82, 2.24) is 9.88 Å². The fraction of sp³-hybridized carbons (Fsp3) is 0.294. The third-order valence-electron chi connectivity index (χ3n) is 4.13. The molecular weight excluding hydrogens is 319 g/mol. The fourth-order valence-electron chi connectivity index (χ4n) is 2.97. The number of carbonyl (C=O) groups is 1. The highest BCUT2D eigenvalue weighted by molar-refractivity contribution is 6.30. The molecule has 1 aromatic heterocycles. The fourth-order valence-corrected chi connectivity index (χ4v) is 3.09. The van der Waals surface area contributed by atoms with Gasteiger partial charge in [-0.3, -0.25) is 9.59 Å². The molecule has 0 saturated carbocycles. The number of pyridine rings is 1. The van der Waals surface area contributed by atoms with Crippen molar-refractivity contribution in [2.75, 3.05) is 7.05 Å². The molecule has 0 unspecified atom stereocenters. The van der Waals surface area contributed by atoms with E-state index in [2.05, 4.69) is 4.98 Å². The van der Waals surface area contributed by atoms with Gasteiger partial charge in [0.05, 0.1) is 5.02 Å². The Bertz CT molecular complexity index is 832. The first-order valence-corrected chi connectivity index (χ1v) is 7.78. The lowest BCUT2D eigenvalue weighted by Gasteiger charge is -2.18. The molecule has 1 aromatic carbocycles. The first-order chi connectivity index (χ1) is 11.0. The smallest absolute Gasteiger partial charge is 0.261 e. The number of aryl methyl sites for hydroxylation is 1. The van der Waals surface area contributed by atoms with Crippen LogP contribution in [0.15, 0.2) is 29.2 Å². The molecule has 1 aliphatic carbocycles. The molecule has 6 heteroatoms. The van der Waals surface area contributed by atoms with Gasteiger partial charge >= 0.3 is 0 Å². The number of aromatic amines is 1. The summed E-state index contributed by atoms with van der Waals surface area (Å²) in [6.07, 6.45) is 4.25. The summed E-state index contributed by atoms with van der Waals surface area (Å²) in [5.74, 6) is -0.871. The third-order valence-corrected chi connectivity index (χ3v) is 4.44. The van der Waals surface area contributed by atoms with Gasteiger partial charge in [-0.1, -0.05) is 17.7 Å². The number of aromatic nitrogens is 1. The molecule has 0 aliphatic heterocycles. The third kappa shape index (κ3) is 3.01. The lowest BCUT2D eigenvalue weighted by atomic mass is 10.1. The van der Waals surface area contributed by atoms with Crippen LogP contribution in [0, 0.1) is 5.82 Å². The maximum absolute atomic E-state index is 13.5. The highest BCUT2D eigenvalue weighted by Crippen LogP contribution is 2.23. The number of fused-ring (bicyclic) bond motifs is 1. The summed E-state index contributed by atoms with van der Waals surface area (Å²) in [6.45, 7) is 0.204. The second-order valence-corrected chi connectivity index (χ2v) is 6.17. The van der Waals surface area contributed by atoms with Gasteiger partial charge in [-0.15, -0.1) is 0 Å². The number of carbonyl (C=O) groups excluding carboxylic acids is 1. The number of hydrogen-bond acceptors (Lipinski definition) is 2. The summed E-state index contributed by atoms with van der Waals surface area (Å²) in [5.41, 5.74) is 2.32. The largest absolute Gasteiger partial charge is 0.337 e. The van der Waals surface area contributed by atoms with Crippen LogP contribution in [-0.2, 0) is 19.4 Å². The first-order valence-electron chi connectivity index (χ1n) is 7.40. The van der Waals surface area contributed by atoms with Crippen LogP contribution < -0.4 is 5.56 Å². The van der Waals surface area contributed by atoms with E-state index in [1.807, 2.05) is 0 Å². The molecule has 0 saturated heterocycles. The van der Waals surface area contributed by atoms with Crippen LogP contribution in [0.3, 0.4) is 0 Å². The lowest BCUT2D eigenvalue weighted by molar-refractivity contribution is 0.0782. The van der Waals surface area contributed by atoms with Gasteiger partial charge in [0.15, 0.2) is 0 Å². The van der Waals surface area contributed by atoms with Crippen LogP contribution in [0.4, 0.5) is 4.39 Å². The Morgan fingerprint density at radius 2 is 2.17 bits per heavy atom. The maximum Gasteiger partial charge on any atom is 0.261 e. The molecule has 0 fully saturated rings. The van der Waals surface area contributed by atoms with Crippen LogP contribution in [0.5, 0.6) is 0 Å². The number of nitrogens with one attached hydrogen (secondary N) is 1. The van der Waals surface area contributed by atoms with Crippen LogP contribution in [0.1, 0.15) is 33.5 Å². The maximum atomic E-state index is 13.5. The van der Waals surface area contributed by atoms with Crippen molar-refractivity contribution in [3.05, 3.63) is 67.8 Å². The zero-order valence-electron chi connectivity index (χ0n) is 12.7. The Morgan fingerprint density at radius 3 is 2.91 bits per heavy atom. The van der Waals surface area contributed by atoms with Gasteiger partial charge in [-0.05, 0) is 48.1 Å². The van der Waals surface area contributed by atoms with E-state index in [1.54, 1.807) is 19.3 Å². The average molecular weight is 335 g/mol. The molecule has 1 N–H and O–H groups in total. The summed E-state index contributed by atoms with van der Waals surface area (Å²) in [4.78, 5) is 28.8. The molecular formula is C17H16ClFN2O2. The van der Waals surface area contributed by atoms with Crippen LogP contribution in [-0.4, -0.2) is 22.8 Å². The number of rotatable bonds is 3. The van der Waals surface area contributed by atoms with Crippen molar-refractivity contribution in [1.29, 1.82) is 0 Å². The number of nitrogens with zero attached hydrogens (tertiary/aromatic N) is 1. The van der Waals surface area contributed by atoms with Gasteiger partial charge in [0.25, 0.3) is 11.5 Å². The van der Waals surface area contributed by atoms with Gasteiger partial charge in [0, 0.05) is 19.8 Å². The normalized spacial score (nSPS) is 13.0. The number of amides is 1. The van der Waals surface area contributed by atoms with Crippen LogP contribution >= 0.6 is 11.6 Å². The summed E-state index contributed by atoms with van der Waals surface area (Å²) in [7, 11) is 1.60. The van der Waals surface area contributed by atoms with Crippen LogP contribution in [0.2, 0.25) is 5.02 Å². The molecule has 4 nitrogen and oxygen atoms in total. The van der Waals surface area contributed by atoms with E-state index in [4.69, 9.17) is 11.6 Å². The Hall–Kier alpha value is -2.14. The molecule has 3 rings (SSSR count). The highest BCUT2D eigenvalue weighted by Gasteiger charge is 2.24. The van der Waals surface area contributed by atoms with E-state index in [0.717, 1.165) is 30.4 Å². The lowest BCUT2D eigenvalue weighted by Crippen LogP contribution is -2.32. The van der Waals surface area contributed by atoms with Crippen molar-refractivity contribution in [3.8, 4) is 0 Å². The van der Waals surface area contributed by atoms with Crippen molar-refractivity contribution in [2.45, 2.75) is 25.8 Å². The SMILES string of the molecule is CN(Cc1ccc(Cl)c(F)c1)C(=O)c1c2c(c[nH]c1=O)CCC2. The summed E-state index contributed by atoms with van der Waals surface area (Å²) >= 11 is 5.66. The average Bonchev–Trinajstić information content (AvgIpc) is 2.98. The van der Waals surface area contributed by atoms with E-state index < -0.39 is 5.82 Å². The molecule has 0 atom stereocenters. The predicted octanol–water partition coefficient (Wildman–Crippen LogP) is 2.93. The zero-order valence-corrected chi connectivity index (χ0v) is 13.4. The highest BCUT2D eigenvalue weighted by atomic mass is 35.5. The minimum Gasteiger partial charge on any atom is -0.337 e. The molecule has 1 heterocycles. The van der Waals surface area contributed by atoms with Gasteiger partial charge in [-0.25, -0.2) is 4.39 Å². The minimum absolute atomic E-state index is 0.0417. The van der Waals surface area contributed by atoms with Crippen LogP contribution in [0.25, 0.3) is 0 Å². The van der Waals surface area contributed by atoms with Gasteiger partial charge in [0.1, 0.15) is 11.4 Å². The first kappa shape index (κ1) is 15.7. The van der Waals surface area contributed by atoms with Crippen molar-refractivity contribution in [2.24, 2.45) is 0 Å². The summed E-state index contributed by atoms with van der Waals surface area (Å²) in [5, 5.41) is 0.0417. The number of hydrogen-bond donors (Lipinski definition) is 1. The van der Waals surface area contributed by atoms with E-state index >= 15 is 0 Å². The van der Waals surface area contributed by atoms with Gasteiger partial charge < -0.3 is 9.88 Å². The molecule has 0 bridgehead atoms. The molecule has 0 radical (unpaired) electrons. The Morgan fingerprint density at radius 1 is 1.39 bits per heavy atom. The van der Waals surface area contributed by atoms with Crippen molar-refractivity contribution in [3.63, 3.8) is 0 Å².